The average Bonchev–Trinajstić information content (AvgIpc) is 2.89. The van der Waals surface area contributed by atoms with Crippen molar-refractivity contribution in [1.29, 1.82) is 0 Å². The second kappa shape index (κ2) is 6.75. The Bertz CT molecular complexity index is 448. The highest BCUT2D eigenvalue weighted by atomic mass is 32.2. The zero-order chi connectivity index (χ0) is 13.7. The van der Waals surface area contributed by atoms with Crippen molar-refractivity contribution in [2.75, 3.05) is 30.0 Å². The van der Waals surface area contributed by atoms with Crippen molar-refractivity contribution in [2.45, 2.75) is 20.3 Å². The lowest BCUT2D eigenvalue weighted by molar-refractivity contribution is 0.0524. The van der Waals surface area contributed by atoms with Gasteiger partial charge in [-0.2, -0.15) is 11.8 Å². The third kappa shape index (κ3) is 3.83. The zero-order valence-electron chi connectivity index (χ0n) is 11.3. The quantitative estimate of drug-likeness (QED) is 0.834. The molecule has 2 heterocycles. The van der Waals surface area contributed by atoms with Crippen molar-refractivity contribution in [1.82, 2.24) is 9.97 Å². The number of aryl methyl sites for hydroxylation is 1. The van der Waals surface area contributed by atoms with Crippen molar-refractivity contribution in [3.63, 3.8) is 0 Å². The molecule has 0 radical (unpaired) electrons. The average molecular weight is 281 g/mol. The Morgan fingerprint density at radius 2 is 2.47 bits per heavy atom. The van der Waals surface area contributed by atoms with Crippen LogP contribution in [0.25, 0.3) is 0 Å². The molecular formula is C13H19N3O2S. The fraction of sp³-hybridized carbons (Fsp3) is 0.615. The Hall–Kier alpha value is -1.30. The van der Waals surface area contributed by atoms with Crippen molar-refractivity contribution < 1.29 is 9.53 Å². The highest BCUT2D eigenvalue weighted by molar-refractivity contribution is 7.99. The topological polar surface area (TPSA) is 64.1 Å². The summed E-state index contributed by atoms with van der Waals surface area (Å²) in [6.45, 7) is 4.83. The van der Waals surface area contributed by atoms with Crippen LogP contribution in [0.15, 0.2) is 6.20 Å². The molecule has 1 aromatic heterocycles. The first-order valence-electron chi connectivity index (χ1n) is 6.53. The van der Waals surface area contributed by atoms with E-state index < -0.39 is 0 Å². The fourth-order valence-electron chi connectivity index (χ4n) is 1.94. The predicted octanol–water partition coefficient (Wildman–Crippen LogP) is 2.13. The summed E-state index contributed by atoms with van der Waals surface area (Å²) in [6, 6.07) is 0. The van der Waals surface area contributed by atoms with E-state index in [9.17, 15) is 4.79 Å². The van der Waals surface area contributed by atoms with Gasteiger partial charge in [-0.3, -0.25) is 0 Å². The molecule has 1 atom stereocenters. The number of hydrogen-bond acceptors (Lipinski definition) is 6. The molecule has 1 unspecified atom stereocenters. The highest BCUT2D eigenvalue weighted by Crippen LogP contribution is 2.23. The molecule has 6 heteroatoms. The molecule has 1 aliphatic heterocycles. The van der Waals surface area contributed by atoms with Gasteiger partial charge in [0.2, 0.25) is 5.95 Å². The van der Waals surface area contributed by atoms with Crippen molar-refractivity contribution in [2.24, 2.45) is 5.92 Å². The van der Waals surface area contributed by atoms with Gasteiger partial charge in [0.05, 0.1) is 17.9 Å². The van der Waals surface area contributed by atoms with Gasteiger partial charge in [-0.25, -0.2) is 14.8 Å². The van der Waals surface area contributed by atoms with Gasteiger partial charge in [0.25, 0.3) is 0 Å². The molecule has 1 aromatic rings. The lowest BCUT2D eigenvalue weighted by atomic mass is 10.1. The first kappa shape index (κ1) is 14.1. The van der Waals surface area contributed by atoms with E-state index >= 15 is 0 Å². The van der Waals surface area contributed by atoms with Crippen LogP contribution in [-0.4, -0.2) is 40.6 Å². The molecule has 1 aliphatic rings. The number of aromatic nitrogens is 2. The Morgan fingerprint density at radius 1 is 1.63 bits per heavy atom. The van der Waals surface area contributed by atoms with E-state index in [1.54, 1.807) is 13.8 Å². The van der Waals surface area contributed by atoms with Gasteiger partial charge in [0.1, 0.15) is 0 Å². The molecule has 19 heavy (non-hydrogen) atoms. The molecule has 0 aromatic carbocycles. The van der Waals surface area contributed by atoms with E-state index in [1.165, 1.54) is 24.1 Å². The Labute approximate surface area is 117 Å². The van der Waals surface area contributed by atoms with Gasteiger partial charge in [0.15, 0.2) is 0 Å². The summed E-state index contributed by atoms with van der Waals surface area (Å²) in [4.78, 5) is 20.1. The number of nitrogens with one attached hydrogen (secondary N) is 1. The summed E-state index contributed by atoms with van der Waals surface area (Å²) in [5, 5.41) is 3.24. The highest BCUT2D eigenvalue weighted by Gasteiger charge is 2.16. The van der Waals surface area contributed by atoms with Gasteiger partial charge < -0.3 is 10.1 Å². The van der Waals surface area contributed by atoms with Crippen LogP contribution in [-0.2, 0) is 4.74 Å². The largest absolute Gasteiger partial charge is 0.462 e. The van der Waals surface area contributed by atoms with E-state index in [2.05, 4.69) is 15.3 Å². The van der Waals surface area contributed by atoms with Crippen LogP contribution in [0.5, 0.6) is 0 Å². The molecule has 0 spiro atoms. The number of hydrogen-bond donors (Lipinski definition) is 1. The maximum absolute atomic E-state index is 11.6. The van der Waals surface area contributed by atoms with E-state index in [-0.39, 0.29) is 5.97 Å². The standard InChI is InChI=1S/C13H19N3O2S/c1-3-18-12(17)11-7-15-13(16-9(11)2)14-6-10-4-5-19-8-10/h7,10H,3-6,8H2,1-2H3,(H,14,15,16). The second-order valence-corrected chi connectivity index (χ2v) is 5.67. The first-order chi connectivity index (χ1) is 9.20. The number of ether oxygens (including phenoxy) is 1. The lowest BCUT2D eigenvalue weighted by Crippen LogP contribution is -2.16. The van der Waals surface area contributed by atoms with Gasteiger partial charge in [-0.05, 0) is 37.7 Å². The molecular weight excluding hydrogens is 262 g/mol. The van der Waals surface area contributed by atoms with Crippen LogP contribution in [0, 0.1) is 12.8 Å². The van der Waals surface area contributed by atoms with Crippen LogP contribution >= 0.6 is 11.8 Å². The molecule has 1 N–H and O–H groups in total. The van der Waals surface area contributed by atoms with Crippen LogP contribution in [0.1, 0.15) is 29.4 Å². The molecule has 0 amide bonds. The van der Waals surface area contributed by atoms with Crippen molar-refractivity contribution >= 4 is 23.7 Å². The van der Waals surface area contributed by atoms with E-state index in [4.69, 9.17) is 4.74 Å². The van der Waals surface area contributed by atoms with Gasteiger partial charge in [-0.1, -0.05) is 0 Å². The number of esters is 1. The summed E-state index contributed by atoms with van der Waals surface area (Å²) < 4.78 is 4.95. The first-order valence-corrected chi connectivity index (χ1v) is 7.68. The number of nitrogens with zero attached hydrogens (tertiary/aromatic N) is 2. The molecule has 0 bridgehead atoms. The summed E-state index contributed by atoms with van der Waals surface area (Å²) in [6.07, 6.45) is 2.78. The minimum atomic E-state index is -0.362. The van der Waals surface area contributed by atoms with Gasteiger partial charge >= 0.3 is 5.97 Å². The van der Waals surface area contributed by atoms with Crippen LogP contribution in [0.2, 0.25) is 0 Å². The van der Waals surface area contributed by atoms with Crippen LogP contribution < -0.4 is 5.32 Å². The number of carbonyl (C=O) groups excluding carboxylic acids is 1. The Balaban J connectivity index is 1.95. The molecule has 104 valence electrons. The van der Waals surface area contributed by atoms with E-state index in [0.717, 1.165) is 6.54 Å². The van der Waals surface area contributed by atoms with Crippen molar-refractivity contribution in [3.05, 3.63) is 17.5 Å². The SMILES string of the molecule is CCOC(=O)c1cnc(NCC2CCSC2)nc1C. The smallest absolute Gasteiger partial charge is 0.341 e. The molecule has 1 saturated heterocycles. The lowest BCUT2D eigenvalue weighted by Gasteiger charge is -2.11. The normalized spacial score (nSPS) is 18.3. The number of carbonyl (C=O) groups is 1. The fourth-order valence-corrected chi connectivity index (χ4v) is 3.23. The zero-order valence-corrected chi connectivity index (χ0v) is 12.1. The molecule has 0 saturated carbocycles. The molecule has 5 nitrogen and oxygen atoms in total. The minimum absolute atomic E-state index is 0.359. The Morgan fingerprint density at radius 3 is 3.11 bits per heavy atom. The van der Waals surface area contributed by atoms with E-state index in [0.29, 0.717) is 29.7 Å². The predicted molar refractivity (Wildman–Crippen MR) is 76.6 cm³/mol. The molecule has 1 fully saturated rings. The van der Waals surface area contributed by atoms with Crippen LogP contribution in [0.3, 0.4) is 0 Å². The number of anilines is 1. The summed E-state index contributed by atoms with van der Waals surface area (Å²) in [5.74, 6) is 3.36. The Kier molecular flexibility index (Phi) is 5.01. The second-order valence-electron chi connectivity index (χ2n) is 4.52. The maximum atomic E-state index is 11.6. The molecule has 0 aliphatic carbocycles. The monoisotopic (exact) mass is 281 g/mol. The van der Waals surface area contributed by atoms with Gasteiger partial charge in [-0.15, -0.1) is 0 Å². The minimum Gasteiger partial charge on any atom is -0.462 e. The summed E-state index contributed by atoms with van der Waals surface area (Å²) in [5.41, 5.74) is 1.08. The van der Waals surface area contributed by atoms with Crippen LogP contribution in [0.4, 0.5) is 5.95 Å². The maximum Gasteiger partial charge on any atom is 0.341 e. The van der Waals surface area contributed by atoms with Gasteiger partial charge in [0, 0.05) is 12.7 Å². The number of rotatable bonds is 5. The van der Waals surface area contributed by atoms with E-state index in [1.807, 2.05) is 11.8 Å². The number of thioether (sulfide) groups is 1. The third-order valence-electron chi connectivity index (χ3n) is 3.05. The summed E-state index contributed by atoms with van der Waals surface area (Å²) >= 11 is 1.99. The van der Waals surface area contributed by atoms with Crippen molar-refractivity contribution in [3.8, 4) is 0 Å². The third-order valence-corrected chi connectivity index (χ3v) is 4.28. The molecule has 2 rings (SSSR count). The summed E-state index contributed by atoms with van der Waals surface area (Å²) in [7, 11) is 0.